The van der Waals surface area contributed by atoms with Crippen molar-refractivity contribution in [3.05, 3.63) is 10.6 Å². The van der Waals surface area contributed by atoms with Gasteiger partial charge >= 0.3 is 0 Å². The number of nitrogens with one attached hydrogen (secondary N) is 1. The van der Waals surface area contributed by atoms with E-state index in [1.807, 2.05) is 0 Å². The average molecular weight is 271 g/mol. The SMILES string of the molecule is COCCNCc1sc(N(C)CC(C)C)nc1C. The van der Waals surface area contributed by atoms with Crippen LogP contribution in [-0.2, 0) is 11.3 Å². The fourth-order valence-electron chi connectivity index (χ4n) is 1.74. The van der Waals surface area contributed by atoms with E-state index in [0.717, 1.165) is 37.1 Å². The quantitative estimate of drug-likeness (QED) is 0.736. The van der Waals surface area contributed by atoms with Crippen molar-refractivity contribution >= 4 is 16.5 Å². The van der Waals surface area contributed by atoms with E-state index in [2.05, 4.69) is 43.0 Å². The van der Waals surface area contributed by atoms with Gasteiger partial charge in [0.05, 0.1) is 12.3 Å². The Morgan fingerprint density at radius 3 is 2.78 bits per heavy atom. The van der Waals surface area contributed by atoms with Gasteiger partial charge in [-0.2, -0.15) is 0 Å². The van der Waals surface area contributed by atoms with Crippen molar-refractivity contribution < 1.29 is 4.74 Å². The molecule has 0 bridgehead atoms. The predicted molar refractivity (Wildman–Crippen MR) is 78.5 cm³/mol. The molecule has 1 rings (SSSR count). The van der Waals surface area contributed by atoms with Gasteiger partial charge in [-0.05, 0) is 12.8 Å². The molecule has 0 unspecified atom stereocenters. The van der Waals surface area contributed by atoms with Crippen molar-refractivity contribution in [1.82, 2.24) is 10.3 Å². The monoisotopic (exact) mass is 271 g/mol. The summed E-state index contributed by atoms with van der Waals surface area (Å²) in [5.41, 5.74) is 1.13. The highest BCUT2D eigenvalue weighted by Crippen LogP contribution is 2.25. The number of nitrogens with zero attached hydrogens (tertiary/aromatic N) is 2. The van der Waals surface area contributed by atoms with Crippen LogP contribution in [0.3, 0.4) is 0 Å². The van der Waals surface area contributed by atoms with Gasteiger partial charge in [0.25, 0.3) is 0 Å². The van der Waals surface area contributed by atoms with Gasteiger partial charge in [-0.1, -0.05) is 13.8 Å². The second-order valence-corrected chi connectivity index (χ2v) is 6.01. The Labute approximate surface area is 114 Å². The van der Waals surface area contributed by atoms with Crippen molar-refractivity contribution in [2.75, 3.05) is 38.8 Å². The van der Waals surface area contributed by atoms with Gasteiger partial charge in [-0.25, -0.2) is 4.98 Å². The number of methoxy groups -OCH3 is 1. The molecule has 1 aromatic rings. The molecule has 0 aliphatic heterocycles. The minimum atomic E-state index is 0.655. The zero-order valence-electron chi connectivity index (χ0n) is 12.1. The lowest BCUT2D eigenvalue weighted by Gasteiger charge is -2.17. The van der Waals surface area contributed by atoms with Crippen LogP contribution in [0, 0.1) is 12.8 Å². The van der Waals surface area contributed by atoms with Crippen molar-refractivity contribution in [2.24, 2.45) is 5.92 Å². The van der Waals surface area contributed by atoms with Crippen LogP contribution in [-0.4, -0.2) is 38.8 Å². The van der Waals surface area contributed by atoms with Crippen molar-refractivity contribution in [2.45, 2.75) is 27.3 Å². The van der Waals surface area contributed by atoms with E-state index in [-0.39, 0.29) is 0 Å². The van der Waals surface area contributed by atoms with Gasteiger partial charge in [-0.15, -0.1) is 11.3 Å². The highest BCUT2D eigenvalue weighted by Gasteiger charge is 2.11. The maximum Gasteiger partial charge on any atom is 0.185 e. The van der Waals surface area contributed by atoms with Gasteiger partial charge in [-0.3, -0.25) is 0 Å². The van der Waals surface area contributed by atoms with Crippen LogP contribution in [0.2, 0.25) is 0 Å². The number of aromatic nitrogens is 1. The molecule has 1 N–H and O–H groups in total. The number of thiazole rings is 1. The zero-order chi connectivity index (χ0) is 13.5. The van der Waals surface area contributed by atoms with Gasteiger partial charge < -0.3 is 15.0 Å². The van der Waals surface area contributed by atoms with Crippen LogP contribution in [0.5, 0.6) is 0 Å². The molecule has 0 amide bonds. The number of aryl methyl sites for hydroxylation is 1. The molecule has 0 aliphatic rings. The van der Waals surface area contributed by atoms with E-state index < -0.39 is 0 Å². The minimum absolute atomic E-state index is 0.655. The molecule has 1 heterocycles. The van der Waals surface area contributed by atoms with E-state index in [0.29, 0.717) is 5.92 Å². The van der Waals surface area contributed by atoms with Gasteiger partial charge in [0.1, 0.15) is 0 Å². The Bertz CT molecular complexity index is 352. The zero-order valence-corrected chi connectivity index (χ0v) is 12.9. The number of hydrogen-bond donors (Lipinski definition) is 1. The van der Waals surface area contributed by atoms with E-state index in [9.17, 15) is 0 Å². The molecule has 0 saturated heterocycles. The Hall–Kier alpha value is -0.650. The molecular weight excluding hydrogens is 246 g/mol. The lowest BCUT2D eigenvalue weighted by atomic mass is 10.2. The largest absolute Gasteiger partial charge is 0.383 e. The molecule has 0 atom stereocenters. The third-order valence-electron chi connectivity index (χ3n) is 2.62. The van der Waals surface area contributed by atoms with E-state index in [4.69, 9.17) is 4.74 Å². The molecule has 0 aromatic carbocycles. The van der Waals surface area contributed by atoms with Crippen LogP contribution in [0.1, 0.15) is 24.4 Å². The molecule has 104 valence electrons. The summed E-state index contributed by atoms with van der Waals surface area (Å²) in [6.07, 6.45) is 0. The van der Waals surface area contributed by atoms with Crippen molar-refractivity contribution in [3.63, 3.8) is 0 Å². The Kier molecular flexibility index (Phi) is 6.60. The molecule has 0 saturated carbocycles. The summed E-state index contributed by atoms with van der Waals surface area (Å²) in [4.78, 5) is 8.19. The smallest absolute Gasteiger partial charge is 0.185 e. The normalized spacial score (nSPS) is 11.2. The first-order valence-corrected chi connectivity index (χ1v) is 7.23. The Balaban J connectivity index is 2.52. The highest BCUT2D eigenvalue weighted by molar-refractivity contribution is 7.15. The maximum absolute atomic E-state index is 5.01. The summed E-state index contributed by atoms with van der Waals surface area (Å²) in [5.74, 6) is 0.655. The lowest BCUT2D eigenvalue weighted by Crippen LogP contribution is -2.22. The summed E-state index contributed by atoms with van der Waals surface area (Å²) < 4.78 is 5.01. The number of rotatable bonds is 8. The topological polar surface area (TPSA) is 37.4 Å². The first kappa shape index (κ1) is 15.4. The number of ether oxygens (including phenoxy) is 1. The molecule has 5 heteroatoms. The molecule has 0 radical (unpaired) electrons. The summed E-state index contributed by atoms with van der Waals surface area (Å²) in [7, 11) is 3.83. The molecule has 1 aromatic heterocycles. The third-order valence-corrected chi connectivity index (χ3v) is 3.89. The first-order chi connectivity index (χ1) is 8.54. The lowest BCUT2D eigenvalue weighted by molar-refractivity contribution is 0.199. The second-order valence-electron chi connectivity index (χ2n) is 4.95. The second kappa shape index (κ2) is 7.71. The van der Waals surface area contributed by atoms with E-state index in [1.165, 1.54) is 4.88 Å². The van der Waals surface area contributed by atoms with Crippen LogP contribution >= 0.6 is 11.3 Å². The molecular formula is C13H25N3OS. The van der Waals surface area contributed by atoms with Gasteiger partial charge in [0.15, 0.2) is 5.13 Å². The number of hydrogen-bond acceptors (Lipinski definition) is 5. The summed E-state index contributed by atoms with van der Waals surface area (Å²) >= 11 is 1.78. The predicted octanol–water partition coefficient (Wildman–Crippen LogP) is 2.28. The van der Waals surface area contributed by atoms with E-state index >= 15 is 0 Å². The molecule has 0 spiro atoms. The molecule has 0 aliphatic carbocycles. The van der Waals surface area contributed by atoms with E-state index in [1.54, 1.807) is 18.4 Å². The molecule has 0 fully saturated rings. The third kappa shape index (κ3) is 4.92. The molecule has 18 heavy (non-hydrogen) atoms. The van der Waals surface area contributed by atoms with Crippen LogP contribution in [0.4, 0.5) is 5.13 Å². The highest BCUT2D eigenvalue weighted by atomic mass is 32.1. The summed E-state index contributed by atoms with van der Waals surface area (Å²) in [6, 6.07) is 0. The summed E-state index contributed by atoms with van der Waals surface area (Å²) in [6.45, 7) is 10.1. The van der Waals surface area contributed by atoms with Gasteiger partial charge in [0.2, 0.25) is 0 Å². The van der Waals surface area contributed by atoms with Crippen molar-refractivity contribution in [1.29, 1.82) is 0 Å². The average Bonchev–Trinajstić information content (AvgIpc) is 2.66. The first-order valence-electron chi connectivity index (χ1n) is 6.41. The molecule has 4 nitrogen and oxygen atoms in total. The fraction of sp³-hybridized carbons (Fsp3) is 0.769. The maximum atomic E-state index is 5.01. The van der Waals surface area contributed by atoms with Crippen LogP contribution in [0.15, 0.2) is 0 Å². The fourth-order valence-corrected chi connectivity index (χ4v) is 2.74. The van der Waals surface area contributed by atoms with Crippen LogP contribution in [0.25, 0.3) is 0 Å². The standard InChI is InChI=1S/C13H25N3OS/c1-10(2)9-16(4)13-15-11(3)12(18-13)8-14-6-7-17-5/h10,14H,6-9H2,1-5H3. The Morgan fingerprint density at radius 2 is 2.17 bits per heavy atom. The van der Waals surface area contributed by atoms with Crippen molar-refractivity contribution in [3.8, 4) is 0 Å². The Morgan fingerprint density at radius 1 is 1.44 bits per heavy atom. The summed E-state index contributed by atoms with van der Waals surface area (Å²) in [5, 5.41) is 4.48. The van der Waals surface area contributed by atoms with Gasteiger partial charge in [0, 0.05) is 38.7 Å². The van der Waals surface area contributed by atoms with Crippen LogP contribution < -0.4 is 10.2 Å². The number of anilines is 1. The minimum Gasteiger partial charge on any atom is -0.383 e.